The lowest BCUT2D eigenvalue weighted by molar-refractivity contribution is -0.117. The summed E-state index contributed by atoms with van der Waals surface area (Å²) < 4.78 is 5.16. The van der Waals surface area contributed by atoms with Crippen molar-refractivity contribution < 1.29 is 9.53 Å². The number of nitrogens with zero attached hydrogens (tertiary/aromatic N) is 4. The van der Waals surface area contributed by atoms with Crippen molar-refractivity contribution in [3.63, 3.8) is 0 Å². The third kappa shape index (κ3) is 3.26. The average molecular weight is 336 g/mol. The zero-order valence-corrected chi connectivity index (χ0v) is 14.6. The van der Waals surface area contributed by atoms with Crippen molar-refractivity contribution >= 4 is 17.3 Å². The maximum atomic E-state index is 12.7. The summed E-state index contributed by atoms with van der Waals surface area (Å²) in [6, 6.07) is 10.0. The van der Waals surface area contributed by atoms with Crippen molar-refractivity contribution in [3.05, 3.63) is 47.2 Å². The molecule has 0 spiro atoms. The Morgan fingerprint density at radius 1 is 1.20 bits per heavy atom. The van der Waals surface area contributed by atoms with Gasteiger partial charge in [0, 0.05) is 25.0 Å². The fourth-order valence-corrected chi connectivity index (χ4v) is 3.21. The van der Waals surface area contributed by atoms with E-state index in [9.17, 15) is 10.1 Å². The molecule has 0 N–H and O–H groups in total. The summed E-state index contributed by atoms with van der Waals surface area (Å²) in [6.45, 7) is 5.48. The molecule has 0 aliphatic carbocycles. The van der Waals surface area contributed by atoms with Crippen molar-refractivity contribution in [3.8, 4) is 11.9 Å². The Hall–Kier alpha value is -3.07. The quantitative estimate of drug-likeness (QED) is 0.861. The molecule has 3 rings (SSSR count). The fourth-order valence-electron chi connectivity index (χ4n) is 3.21. The van der Waals surface area contributed by atoms with E-state index < -0.39 is 0 Å². The number of anilines is 2. The molecule has 1 saturated heterocycles. The second-order valence-electron chi connectivity index (χ2n) is 6.14. The molecule has 1 amide bonds. The minimum absolute atomic E-state index is 0.0101. The van der Waals surface area contributed by atoms with E-state index in [4.69, 9.17) is 4.74 Å². The number of hydrogen-bond acceptors (Lipinski definition) is 5. The molecule has 0 bridgehead atoms. The SMILES string of the molecule is COc1nccc(N2CCN(c3cc(C)cc(C)c3)C(=O)C2)c1C#N. The number of methoxy groups -OCH3 is 1. The van der Waals surface area contributed by atoms with E-state index in [2.05, 4.69) is 17.1 Å². The van der Waals surface area contributed by atoms with Crippen LogP contribution in [-0.4, -0.2) is 37.6 Å². The number of carbonyl (C=O) groups excluding carboxylic acids is 1. The zero-order chi connectivity index (χ0) is 18.0. The summed E-state index contributed by atoms with van der Waals surface area (Å²) in [5.74, 6) is 0.292. The first-order valence-electron chi connectivity index (χ1n) is 8.10. The number of benzene rings is 1. The molecule has 0 radical (unpaired) electrons. The number of hydrogen-bond donors (Lipinski definition) is 0. The Bertz CT molecular complexity index is 837. The van der Waals surface area contributed by atoms with Crippen LogP contribution in [-0.2, 0) is 4.79 Å². The summed E-state index contributed by atoms with van der Waals surface area (Å²) >= 11 is 0. The summed E-state index contributed by atoms with van der Waals surface area (Å²) in [6.07, 6.45) is 1.59. The van der Waals surface area contributed by atoms with Gasteiger partial charge < -0.3 is 14.5 Å². The normalized spacial score (nSPS) is 14.4. The largest absolute Gasteiger partial charge is 0.480 e. The van der Waals surface area contributed by atoms with Crippen LogP contribution in [0.25, 0.3) is 0 Å². The maximum Gasteiger partial charge on any atom is 0.246 e. The number of rotatable bonds is 3. The number of aryl methyl sites for hydroxylation is 2. The van der Waals surface area contributed by atoms with E-state index in [0.717, 1.165) is 16.8 Å². The molecule has 1 aliphatic rings. The first kappa shape index (κ1) is 16.8. The van der Waals surface area contributed by atoms with Crippen LogP contribution in [0.5, 0.6) is 5.88 Å². The van der Waals surface area contributed by atoms with Crippen LogP contribution in [0.15, 0.2) is 30.5 Å². The van der Waals surface area contributed by atoms with Gasteiger partial charge in [-0.05, 0) is 43.2 Å². The van der Waals surface area contributed by atoms with Gasteiger partial charge in [0.1, 0.15) is 11.6 Å². The predicted octanol–water partition coefficient (Wildman–Crippen LogP) is 2.43. The van der Waals surface area contributed by atoms with Gasteiger partial charge in [-0.2, -0.15) is 5.26 Å². The molecular formula is C19H20N4O2. The summed E-state index contributed by atoms with van der Waals surface area (Å²) in [5, 5.41) is 9.43. The molecule has 1 aliphatic heterocycles. The van der Waals surface area contributed by atoms with Crippen LogP contribution in [0.4, 0.5) is 11.4 Å². The molecule has 6 nitrogen and oxygen atoms in total. The molecule has 2 aromatic rings. The monoisotopic (exact) mass is 336 g/mol. The van der Waals surface area contributed by atoms with Gasteiger partial charge in [0.15, 0.2) is 0 Å². The number of ether oxygens (including phenoxy) is 1. The first-order chi connectivity index (χ1) is 12.0. The fraction of sp³-hybridized carbons (Fsp3) is 0.316. The molecule has 1 fully saturated rings. The molecule has 0 atom stereocenters. The van der Waals surface area contributed by atoms with Crippen LogP contribution < -0.4 is 14.5 Å². The van der Waals surface area contributed by atoms with Gasteiger partial charge in [-0.25, -0.2) is 4.98 Å². The highest BCUT2D eigenvalue weighted by atomic mass is 16.5. The third-order valence-electron chi connectivity index (χ3n) is 4.28. The Labute approximate surface area is 147 Å². The first-order valence-corrected chi connectivity index (χ1v) is 8.10. The average Bonchev–Trinajstić information content (AvgIpc) is 2.59. The van der Waals surface area contributed by atoms with Crippen molar-refractivity contribution in [1.82, 2.24) is 4.98 Å². The van der Waals surface area contributed by atoms with Crippen LogP contribution in [0, 0.1) is 25.2 Å². The van der Waals surface area contributed by atoms with Gasteiger partial charge >= 0.3 is 0 Å². The number of amides is 1. The van der Waals surface area contributed by atoms with E-state index in [1.54, 1.807) is 17.2 Å². The Kier molecular flexibility index (Phi) is 4.57. The number of carbonyl (C=O) groups is 1. The lowest BCUT2D eigenvalue weighted by Crippen LogP contribution is -2.51. The van der Waals surface area contributed by atoms with E-state index in [0.29, 0.717) is 24.3 Å². The Morgan fingerprint density at radius 3 is 2.52 bits per heavy atom. The number of aromatic nitrogens is 1. The minimum Gasteiger partial charge on any atom is -0.480 e. The van der Waals surface area contributed by atoms with Crippen LogP contribution in [0.3, 0.4) is 0 Å². The smallest absolute Gasteiger partial charge is 0.246 e. The second kappa shape index (κ2) is 6.81. The summed E-state index contributed by atoms with van der Waals surface area (Å²) in [5.41, 5.74) is 4.24. The number of piperazine rings is 1. The molecule has 128 valence electrons. The van der Waals surface area contributed by atoms with E-state index >= 15 is 0 Å². The molecule has 1 aromatic heterocycles. The van der Waals surface area contributed by atoms with Crippen molar-refractivity contribution in [2.24, 2.45) is 0 Å². The maximum absolute atomic E-state index is 12.7. The van der Waals surface area contributed by atoms with Crippen LogP contribution in [0.1, 0.15) is 16.7 Å². The summed E-state index contributed by atoms with van der Waals surface area (Å²) in [4.78, 5) is 20.5. The molecule has 25 heavy (non-hydrogen) atoms. The van der Waals surface area contributed by atoms with E-state index in [1.165, 1.54) is 7.11 Å². The second-order valence-corrected chi connectivity index (χ2v) is 6.14. The van der Waals surface area contributed by atoms with Crippen LogP contribution in [0.2, 0.25) is 0 Å². The molecule has 1 aromatic carbocycles. The van der Waals surface area contributed by atoms with Crippen LogP contribution >= 0.6 is 0 Å². The number of nitriles is 1. The van der Waals surface area contributed by atoms with E-state index in [-0.39, 0.29) is 18.3 Å². The van der Waals surface area contributed by atoms with E-state index in [1.807, 2.05) is 30.9 Å². The third-order valence-corrected chi connectivity index (χ3v) is 4.28. The molecular weight excluding hydrogens is 316 g/mol. The highest BCUT2D eigenvalue weighted by Crippen LogP contribution is 2.29. The highest BCUT2D eigenvalue weighted by molar-refractivity contribution is 5.98. The lowest BCUT2D eigenvalue weighted by Gasteiger charge is -2.36. The number of pyridine rings is 1. The molecule has 6 heteroatoms. The Balaban J connectivity index is 1.85. The zero-order valence-electron chi connectivity index (χ0n) is 14.6. The van der Waals surface area contributed by atoms with Crippen molar-refractivity contribution in [1.29, 1.82) is 5.26 Å². The molecule has 0 unspecified atom stereocenters. The highest BCUT2D eigenvalue weighted by Gasteiger charge is 2.27. The predicted molar refractivity (Wildman–Crippen MR) is 96.0 cm³/mol. The summed E-state index contributed by atoms with van der Waals surface area (Å²) in [7, 11) is 1.48. The lowest BCUT2D eigenvalue weighted by atomic mass is 10.1. The van der Waals surface area contributed by atoms with Gasteiger partial charge in [0.05, 0.1) is 19.3 Å². The van der Waals surface area contributed by atoms with Gasteiger partial charge in [-0.3, -0.25) is 4.79 Å². The van der Waals surface area contributed by atoms with Gasteiger partial charge in [-0.1, -0.05) is 6.07 Å². The minimum atomic E-state index is 0.0101. The van der Waals surface area contributed by atoms with Crippen molar-refractivity contribution in [2.45, 2.75) is 13.8 Å². The van der Waals surface area contributed by atoms with Gasteiger partial charge in [0.2, 0.25) is 11.8 Å². The molecule has 0 saturated carbocycles. The standard InChI is InChI=1S/C19H20N4O2/c1-13-8-14(2)10-15(9-13)23-7-6-22(12-18(23)24)17-4-5-21-19(25-3)16(17)11-20/h4-5,8-10H,6-7,12H2,1-3H3. The van der Waals surface area contributed by atoms with Crippen molar-refractivity contribution in [2.75, 3.05) is 36.5 Å². The Morgan fingerprint density at radius 2 is 1.92 bits per heavy atom. The van der Waals surface area contributed by atoms with Gasteiger partial charge in [0.25, 0.3) is 0 Å². The topological polar surface area (TPSA) is 69.5 Å². The van der Waals surface area contributed by atoms with Gasteiger partial charge in [-0.15, -0.1) is 0 Å². The molecule has 2 heterocycles.